The molecule has 4 N–H and O–H groups in total. The molecular formula is C9H10ClN3O. The van der Waals surface area contributed by atoms with Crippen LogP contribution < -0.4 is 11.1 Å². The van der Waals surface area contributed by atoms with Gasteiger partial charge in [0.25, 0.3) is 0 Å². The van der Waals surface area contributed by atoms with Gasteiger partial charge < -0.3 is 16.5 Å². The van der Waals surface area contributed by atoms with Gasteiger partial charge in [-0.1, -0.05) is 11.6 Å². The van der Waals surface area contributed by atoms with Crippen LogP contribution in [-0.2, 0) is 4.79 Å². The van der Waals surface area contributed by atoms with Crippen LogP contribution in [0.2, 0.25) is 5.02 Å². The van der Waals surface area contributed by atoms with Gasteiger partial charge in [0.1, 0.15) is 0 Å². The quantitative estimate of drug-likeness (QED) is 0.516. The Morgan fingerprint density at radius 2 is 2.29 bits per heavy atom. The summed E-state index contributed by atoms with van der Waals surface area (Å²) < 4.78 is 0. The number of halogens is 1. The highest BCUT2D eigenvalue weighted by Gasteiger charge is 2.09. The predicted molar refractivity (Wildman–Crippen MR) is 58.1 cm³/mol. The zero-order valence-electron chi connectivity index (χ0n) is 7.60. The van der Waals surface area contributed by atoms with E-state index < -0.39 is 0 Å². The van der Waals surface area contributed by atoms with Crippen LogP contribution >= 0.6 is 11.6 Å². The Hall–Kier alpha value is -1.55. The molecular weight excluding hydrogens is 202 g/mol. The number of nitrogens with two attached hydrogens (primary N) is 1. The van der Waals surface area contributed by atoms with Crippen molar-refractivity contribution in [2.24, 2.45) is 0 Å². The Kier molecular flexibility index (Phi) is 3.09. The first-order valence-corrected chi connectivity index (χ1v) is 4.30. The highest BCUT2D eigenvalue weighted by molar-refractivity contribution is 6.34. The summed E-state index contributed by atoms with van der Waals surface area (Å²) in [7, 11) is 0. The molecule has 5 heteroatoms. The van der Waals surface area contributed by atoms with Crippen LogP contribution in [0.1, 0.15) is 12.5 Å². The van der Waals surface area contributed by atoms with Crippen LogP contribution in [0, 0.1) is 5.41 Å². The fraction of sp³-hybridized carbons (Fsp3) is 0.111. The van der Waals surface area contributed by atoms with Crippen molar-refractivity contribution < 1.29 is 4.79 Å². The van der Waals surface area contributed by atoms with Crippen molar-refractivity contribution >= 4 is 35.1 Å². The molecule has 0 aliphatic rings. The van der Waals surface area contributed by atoms with Gasteiger partial charge in [-0.05, 0) is 12.1 Å². The Balaban J connectivity index is 3.29. The largest absolute Gasteiger partial charge is 0.398 e. The maximum Gasteiger partial charge on any atom is 0.221 e. The monoisotopic (exact) mass is 211 g/mol. The van der Waals surface area contributed by atoms with E-state index >= 15 is 0 Å². The van der Waals surface area contributed by atoms with Crippen molar-refractivity contribution in [1.82, 2.24) is 0 Å². The van der Waals surface area contributed by atoms with Crippen molar-refractivity contribution in [3.05, 3.63) is 22.7 Å². The summed E-state index contributed by atoms with van der Waals surface area (Å²) in [6.45, 7) is 1.37. The molecule has 0 spiro atoms. The highest BCUT2D eigenvalue weighted by atomic mass is 35.5. The average molecular weight is 212 g/mol. The number of nitrogen functional groups attached to an aromatic ring is 1. The number of benzene rings is 1. The van der Waals surface area contributed by atoms with E-state index in [1.807, 2.05) is 0 Å². The third-order valence-electron chi connectivity index (χ3n) is 1.67. The van der Waals surface area contributed by atoms with Gasteiger partial charge in [0.05, 0.1) is 10.7 Å². The molecule has 0 fully saturated rings. The van der Waals surface area contributed by atoms with Crippen molar-refractivity contribution in [2.45, 2.75) is 6.92 Å². The van der Waals surface area contributed by atoms with E-state index in [0.717, 1.165) is 6.21 Å². The van der Waals surface area contributed by atoms with E-state index in [0.29, 0.717) is 22.0 Å². The Morgan fingerprint density at radius 1 is 1.64 bits per heavy atom. The fourth-order valence-electron chi connectivity index (χ4n) is 1.07. The van der Waals surface area contributed by atoms with E-state index in [4.69, 9.17) is 22.7 Å². The number of hydrogen-bond acceptors (Lipinski definition) is 3. The van der Waals surface area contributed by atoms with E-state index in [9.17, 15) is 4.79 Å². The van der Waals surface area contributed by atoms with Crippen LogP contribution in [0.5, 0.6) is 0 Å². The van der Waals surface area contributed by atoms with E-state index in [-0.39, 0.29) is 5.91 Å². The maximum absolute atomic E-state index is 10.9. The molecule has 0 saturated carbocycles. The molecule has 0 bridgehead atoms. The van der Waals surface area contributed by atoms with Crippen molar-refractivity contribution in [1.29, 1.82) is 5.41 Å². The van der Waals surface area contributed by atoms with Crippen LogP contribution in [0.25, 0.3) is 0 Å². The maximum atomic E-state index is 10.9. The molecule has 14 heavy (non-hydrogen) atoms. The molecule has 1 amide bonds. The minimum Gasteiger partial charge on any atom is -0.398 e. The van der Waals surface area contributed by atoms with Gasteiger partial charge in [0, 0.05) is 24.4 Å². The van der Waals surface area contributed by atoms with E-state index in [2.05, 4.69) is 5.32 Å². The fourth-order valence-corrected chi connectivity index (χ4v) is 1.28. The van der Waals surface area contributed by atoms with Gasteiger partial charge in [-0.2, -0.15) is 0 Å². The Morgan fingerprint density at radius 3 is 2.79 bits per heavy atom. The number of anilines is 2. The summed E-state index contributed by atoms with van der Waals surface area (Å²) in [5.74, 6) is -0.249. The normalized spacial score (nSPS) is 9.57. The summed E-state index contributed by atoms with van der Waals surface area (Å²) in [6.07, 6.45) is 1.06. The highest BCUT2D eigenvalue weighted by Crippen LogP contribution is 2.29. The van der Waals surface area contributed by atoms with Gasteiger partial charge in [-0.3, -0.25) is 4.79 Å². The van der Waals surface area contributed by atoms with Crippen LogP contribution in [0.15, 0.2) is 12.1 Å². The minimum absolute atomic E-state index is 0.249. The van der Waals surface area contributed by atoms with E-state index in [1.165, 1.54) is 6.92 Å². The summed E-state index contributed by atoms with van der Waals surface area (Å²) in [5, 5.41) is 10.1. The van der Waals surface area contributed by atoms with Gasteiger partial charge in [-0.25, -0.2) is 0 Å². The number of hydrogen-bond donors (Lipinski definition) is 3. The minimum atomic E-state index is -0.249. The second-order valence-corrected chi connectivity index (χ2v) is 3.16. The molecule has 1 rings (SSSR count). The molecule has 0 atom stereocenters. The SMILES string of the molecule is CC(=O)Nc1c(Cl)ccc(N)c1C=N. The molecule has 1 aromatic rings. The molecule has 0 unspecified atom stereocenters. The number of rotatable bonds is 2. The zero-order chi connectivity index (χ0) is 10.7. The van der Waals surface area contributed by atoms with Gasteiger partial charge in [-0.15, -0.1) is 0 Å². The first-order chi connectivity index (χ1) is 6.56. The molecule has 0 heterocycles. The lowest BCUT2D eigenvalue weighted by atomic mass is 10.1. The lowest BCUT2D eigenvalue weighted by Gasteiger charge is -2.10. The first kappa shape index (κ1) is 10.5. The number of carbonyl (C=O) groups excluding carboxylic acids is 1. The predicted octanol–water partition coefficient (Wildman–Crippen LogP) is 1.88. The summed E-state index contributed by atoms with van der Waals surface area (Å²) in [4.78, 5) is 10.9. The lowest BCUT2D eigenvalue weighted by Crippen LogP contribution is -2.10. The van der Waals surface area contributed by atoms with Crippen LogP contribution in [0.3, 0.4) is 0 Å². The second kappa shape index (κ2) is 4.11. The third-order valence-corrected chi connectivity index (χ3v) is 1.99. The van der Waals surface area contributed by atoms with Crippen molar-refractivity contribution in [2.75, 3.05) is 11.1 Å². The second-order valence-electron chi connectivity index (χ2n) is 2.75. The number of nitrogens with one attached hydrogen (secondary N) is 2. The molecule has 0 aromatic heterocycles. The molecule has 0 radical (unpaired) electrons. The standard InChI is InChI=1S/C9H10ClN3O/c1-5(14)13-9-6(4-11)8(12)3-2-7(9)10/h2-4,11H,12H2,1H3,(H,13,14). The Labute approximate surface area is 86.6 Å². The van der Waals surface area contributed by atoms with Gasteiger partial charge >= 0.3 is 0 Å². The summed E-state index contributed by atoms with van der Waals surface area (Å²) >= 11 is 5.85. The molecule has 4 nitrogen and oxygen atoms in total. The number of amides is 1. The van der Waals surface area contributed by atoms with Crippen LogP contribution in [0.4, 0.5) is 11.4 Å². The molecule has 0 aliphatic heterocycles. The smallest absolute Gasteiger partial charge is 0.221 e. The first-order valence-electron chi connectivity index (χ1n) is 3.92. The van der Waals surface area contributed by atoms with E-state index in [1.54, 1.807) is 12.1 Å². The lowest BCUT2D eigenvalue weighted by molar-refractivity contribution is -0.114. The Bertz CT molecular complexity index is 390. The number of carbonyl (C=O) groups is 1. The van der Waals surface area contributed by atoms with Gasteiger partial charge in [0.2, 0.25) is 5.91 Å². The van der Waals surface area contributed by atoms with Crippen LogP contribution in [-0.4, -0.2) is 12.1 Å². The molecule has 74 valence electrons. The molecule has 0 saturated heterocycles. The van der Waals surface area contributed by atoms with Crippen molar-refractivity contribution in [3.8, 4) is 0 Å². The third kappa shape index (κ3) is 2.03. The zero-order valence-corrected chi connectivity index (χ0v) is 8.35. The van der Waals surface area contributed by atoms with Crippen molar-refractivity contribution in [3.63, 3.8) is 0 Å². The topological polar surface area (TPSA) is 79.0 Å². The summed E-state index contributed by atoms with van der Waals surface area (Å²) in [6, 6.07) is 3.17. The molecule has 0 aliphatic carbocycles. The van der Waals surface area contributed by atoms with Gasteiger partial charge in [0.15, 0.2) is 0 Å². The molecule has 1 aromatic carbocycles. The average Bonchev–Trinajstić information content (AvgIpc) is 2.11. The summed E-state index contributed by atoms with van der Waals surface area (Å²) in [5.41, 5.74) is 6.83.